The van der Waals surface area contributed by atoms with Gasteiger partial charge in [0.15, 0.2) is 0 Å². The van der Waals surface area contributed by atoms with Crippen LogP contribution < -0.4 is 10.6 Å². The highest BCUT2D eigenvalue weighted by Crippen LogP contribution is 2.24. The molecule has 1 aromatic rings. The van der Waals surface area contributed by atoms with Gasteiger partial charge in [-0.05, 0) is 31.2 Å². The Balaban J connectivity index is 1.63. The van der Waals surface area contributed by atoms with Crippen LogP contribution in [0.1, 0.15) is 69.8 Å². The lowest BCUT2D eigenvalue weighted by molar-refractivity contribution is -0.133. The lowest BCUT2D eigenvalue weighted by atomic mass is 9.93. The minimum atomic E-state index is -1.24. The molecule has 176 valence electrons. The Morgan fingerprint density at radius 2 is 1.59 bits per heavy atom. The number of alkyl carbamates (subject to hydrolysis) is 1. The third-order valence-corrected chi connectivity index (χ3v) is 6.31. The Hall–Kier alpha value is -2.61. The average molecular weight is 446 g/mol. The molecule has 0 heterocycles. The number of nitrogens with one attached hydrogen (secondary N) is 2. The van der Waals surface area contributed by atoms with E-state index >= 15 is 0 Å². The van der Waals surface area contributed by atoms with Crippen molar-refractivity contribution in [1.29, 1.82) is 0 Å². The van der Waals surface area contributed by atoms with E-state index in [1.807, 2.05) is 30.3 Å². The molecule has 1 aromatic carbocycles. The fraction of sp³-hybridized carbons (Fsp3) is 0.625. The fourth-order valence-electron chi connectivity index (χ4n) is 4.54. The van der Waals surface area contributed by atoms with Crippen molar-refractivity contribution in [3.8, 4) is 0 Å². The summed E-state index contributed by atoms with van der Waals surface area (Å²) in [6, 6.07) is 7.35. The molecule has 32 heavy (non-hydrogen) atoms. The minimum Gasteiger partial charge on any atom is -0.445 e. The van der Waals surface area contributed by atoms with E-state index in [4.69, 9.17) is 4.74 Å². The van der Waals surface area contributed by atoms with Crippen LogP contribution in [-0.4, -0.2) is 52.8 Å². The number of urea groups is 1. The maximum absolute atomic E-state index is 13.3. The van der Waals surface area contributed by atoms with Crippen molar-refractivity contribution >= 4 is 18.0 Å². The third kappa shape index (κ3) is 6.95. The second kappa shape index (κ2) is 12.4. The number of carbonyl (C=O) groups is 3. The summed E-state index contributed by atoms with van der Waals surface area (Å²) in [4.78, 5) is 39.9. The molecule has 0 bridgehead atoms. The molecule has 8 nitrogen and oxygen atoms in total. The van der Waals surface area contributed by atoms with Gasteiger partial charge in [-0.15, -0.1) is 0 Å². The largest absolute Gasteiger partial charge is 0.445 e. The number of carbonyl (C=O) groups excluding carboxylic acids is 3. The number of rotatable bonds is 7. The Morgan fingerprint density at radius 1 is 0.969 bits per heavy atom. The van der Waals surface area contributed by atoms with Gasteiger partial charge >= 0.3 is 12.1 Å². The Kier molecular flexibility index (Phi) is 9.34. The molecule has 0 aromatic heterocycles. The summed E-state index contributed by atoms with van der Waals surface area (Å²) >= 11 is 0. The number of imide groups is 1. The van der Waals surface area contributed by atoms with Crippen LogP contribution in [0, 0.1) is 0 Å². The van der Waals surface area contributed by atoms with E-state index in [0.29, 0.717) is 0 Å². The highest BCUT2D eigenvalue weighted by atomic mass is 16.5. The van der Waals surface area contributed by atoms with E-state index in [-0.39, 0.29) is 18.7 Å². The highest BCUT2D eigenvalue weighted by Gasteiger charge is 2.36. The Labute approximate surface area is 189 Å². The summed E-state index contributed by atoms with van der Waals surface area (Å²) in [5, 5.41) is 15.3. The lowest BCUT2D eigenvalue weighted by Crippen LogP contribution is -2.59. The highest BCUT2D eigenvalue weighted by molar-refractivity contribution is 5.98. The molecule has 1 atom stereocenters. The van der Waals surface area contributed by atoms with Crippen molar-refractivity contribution in [2.75, 3.05) is 6.61 Å². The van der Waals surface area contributed by atoms with Gasteiger partial charge < -0.3 is 20.5 Å². The van der Waals surface area contributed by atoms with E-state index in [9.17, 15) is 19.5 Å². The number of ether oxygens (including phenoxy) is 1. The van der Waals surface area contributed by atoms with Gasteiger partial charge in [0.1, 0.15) is 12.6 Å². The quantitative estimate of drug-likeness (QED) is 0.596. The normalized spacial score (nSPS) is 18.4. The zero-order chi connectivity index (χ0) is 22.8. The van der Waals surface area contributed by atoms with Gasteiger partial charge in [0.25, 0.3) is 5.91 Å². The van der Waals surface area contributed by atoms with Gasteiger partial charge in [-0.3, -0.25) is 9.69 Å². The molecule has 0 aliphatic heterocycles. The van der Waals surface area contributed by atoms with Crippen LogP contribution >= 0.6 is 0 Å². The van der Waals surface area contributed by atoms with Crippen LogP contribution in [0.25, 0.3) is 0 Å². The van der Waals surface area contributed by atoms with Crippen LogP contribution in [0.3, 0.4) is 0 Å². The van der Waals surface area contributed by atoms with E-state index in [2.05, 4.69) is 10.6 Å². The van der Waals surface area contributed by atoms with Crippen molar-refractivity contribution in [3.63, 3.8) is 0 Å². The van der Waals surface area contributed by atoms with Gasteiger partial charge in [0.2, 0.25) is 0 Å². The Bertz CT molecular complexity index is 745. The second-order valence-corrected chi connectivity index (χ2v) is 8.73. The summed E-state index contributed by atoms with van der Waals surface area (Å²) < 4.78 is 5.19. The Morgan fingerprint density at radius 3 is 2.22 bits per heavy atom. The maximum Gasteiger partial charge on any atom is 0.408 e. The van der Waals surface area contributed by atoms with Crippen molar-refractivity contribution in [3.05, 3.63) is 35.9 Å². The number of nitrogens with zero attached hydrogens (tertiary/aromatic N) is 1. The molecule has 2 aliphatic carbocycles. The van der Waals surface area contributed by atoms with Crippen LogP contribution in [0.4, 0.5) is 9.59 Å². The van der Waals surface area contributed by atoms with E-state index in [1.54, 1.807) is 0 Å². The van der Waals surface area contributed by atoms with Gasteiger partial charge in [-0.2, -0.15) is 0 Å². The second-order valence-electron chi connectivity index (χ2n) is 8.73. The molecule has 0 saturated heterocycles. The predicted molar refractivity (Wildman–Crippen MR) is 120 cm³/mol. The van der Waals surface area contributed by atoms with Gasteiger partial charge in [-0.1, -0.05) is 68.9 Å². The number of benzene rings is 1. The van der Waals surface area contributed by atoms with Crippen molar-refractivity contribution < 1.29 is 24.2 Å². The summed E-state index contributed by atoms with van der Waals surface area (Å²) in [5.74, 6) is -0.593. The molecule has 8 heteroatoms. The van der Waals surface area contributed by atoms with Crippen LogP contribution in [-0.2, 0) is 16.1 Å². The van der Waals surface area contributed by atoms with E-state index < -0.39 is 30.7 Å². The fourth-order valence-corrected chi connectivity index (χ4v) is 4.54. The minimum absolute atomic E-state index is 0.0491. The number of amides is 4. The van der Waals surface area contributed by atoms with Crippen LogP contribution in [0.2, 0.25) is 0 Å². The first-order valence-corrected chi connectivity index (χ1v) is 11.8. The lowest BCUT2D eigenvalue weighted by Gasteiger charge is -2.36. The molecule has 2 fully saturated rings. The smallest absolute Gasteiger partial charge is 0.408 e. The van der Waals surface area contributed by atoms with Gasteiger partial charge in [0.05, 0.1) is 6.61 Å². The van der Waals surface area contributed by atoms with Crippen LogP contribution in [0.15, 0.2) is 30.3 Å². The number of aliphatic hydroxyl groups excluding tert-OH is 1. The SMILES string of the molecule is O=C(N[C@@H](CO)C(=O)N(C(=O)NC1CCCCC1)C1CCCCC1)OCc1ccccc1. The number of hydrogen-bond acceptors (Lipinski definition) is 5. The zero-order valence-electron chi connectivity index (χ0n) is 18.6. The first-order chi connectivity index (χ1) is 15.6. The molecule has 0 unspecified atom stereocenters. The topological polar surface area (TPSA) is 108 Å². The van der Waals surface area contributed by atoms with E-state index in [0.717, 1.165) is 63.4 Å². The summed E-state index contributed by atoms with van der Waals surface area (Å²) in [7, 11) is 0. The molecule has 4 amide bonds. The predicted octanol–water partition coefficient (Wildman–Crippen LogP) is 3.48. The standard InChI is InChI=1S/C24H35N3O5/c28-16-21(26-24(31)32-17-18-10-4-1-5-11-18)22(29)27(20-14-8-3-9-15-20)23(30)25-19-12-6-2-7-13-19/h1,4-5,10-11,19-21,28H,2-3,6-9,12-17H2,(H,25,30)(H,26,31)/t21-/m0/s1. The van der Waals surface area contributed by atoms with E-state index in [1.165, 1.54) is 11.3 Å². The van der Waals surface area contributed by atoms with Crippen molar-refractivity contribution in [2.45, 2.75) is 88.9 Å². The molecular formula is C24H35N3O5. The molecule has 2 saturated carbocycles. The first kappa shape index (κ1) is 24.0. The number of hydrogen-bond donors (Lipinski definition) is 3. The van der Waals surface area contributed by atoms with Crippen molar-refractivity contribution in [1.82, 2.24) is 15.5 Å². The molecule has 0 spiro atoms. The maximum atomic E-state index is 13.3. The monoisotopic (exact) mass is 445 g/mol. The van der Waals surface area contributed by atoms with Gasteiger partial charge in [0, 0.05) is 12.1 Å². The van der Waals surface area contributed by atoms with Gasteiger partial charge in [-0.25, -0.2) is 9.59 Å². The van der Waals surface area contributed by atoms with Crippen LogP contribution in [0.5, 0.6) is 0 Å². The summed E-state index contributed by atoms with van der Waals surface area (Å²) in [6.07, 6.45) is 8.75. The molecule has 0 radical (unpaired) electrons. The molecular weight excluding hydrogens is 410 g/mol. The molecule has 3 N–H and O–H groups in total. The molecule has 2 aliphatic rings. The molecule has 3 rings (SSSR count). The average Bonchev–Trinajstić information content (AvgIpc) is 2.83. The number of aliphatic hydroxyl groups is 1. The first-order valence-electron chi connectivity index (χ1n) is 11.8. The summed E-state index contributed by atoms with van der Waals surface area (Å²) in [5.41, 5.74) is 0.810. The third-order valence-electron chi connectivity index (χ3n) is 6.31. The summed E-state index contributed by atoms with van der Waals surface area (Å²) in [6.45, 7) is -0.563. The van der Waals surface area contributed by atoms with Crippen molar-refractivity contribution in [2.24, 2.45) is 0 Å². The zero-order valence-corrected chi connectivity index (χ0v) is 18.6.